The normalized spacial score (nSPS) is 14.6. The Balaban J connectivity index is 1.77. The number of hydrogen-bond donors (Lipinski definition) is 0. The Labute approximate surface area is 128 Å². The van der Waals surface area contributed by atoms with E-state index in [2.05, 4.69) is 16.9 Å². The molecule has 1 unspecified atom stereocenters. The average molecular weight is 302 g/mol. The van der Waals surface area contributed by atoms with Crippen molar-refractivity contribution in [1.82, 2.24) is 0 Å². The van der Waals surface area contributed by atoms with E-state index in [4.69, 9.17) is 9.15 Å². The van der Waals surface area contributed by atoms with Crippen LogP contribution in [0.5, 0.6) is 0 Å². The van der Waals surface area contributed by atoms with Crippen LogP contribution in [0.1, 0.15) is 30.0 Å². The fourth-order valence-corrected chi connectivity index (χ4v) is 2.89. The van der Waals surface area contributed by atoms with Crippen molar-refractivity contribution in [3.63, 3.8) is 0 Å². The van der Waals surface area contributed by atoms with Gasteiger partial charge in [-0.25, -0.2) is 4.79 Å². The topological polar surface area (TPSA) is 65.7 Å². The molecule has 116 valence electrons. The number of rotatable bonds is 4. The van der Waals surface area contributed by atoms with Gasteiger partial charge in [0, 0.05) is 10.9 Å². The number of ether oxygens (including phenoxy) is 2. The van der Waals surface area contributed by atoms with Crippen molar-refractivity contribution in [1.29, 1.82) is 0 Å². The molecule has 5 nitrogen and oxygen atoms in total. The van der Waals surface area contributed by atoms with Crippen LogP contribution in [-0.4, -0.2) is 25.2 Å². The highest BCUT2D eigenvalue weighted by Crippen LogP contribution is 2.30. The highest BCUT2D eigenvalue weighted by molar-refractivity contribution is 5.88. The molecule has 0 amide bonds. The number of fused-ring (bicyclic) bond motifs is 2. The van der Waals surface area contributed by atoms with Gasteiger partial charge in [-0.05, 0) is 49.4 Å². The van der Waals surface area contributed by atoms with E-state index in [0.717, 1.165) is 35.8 Å². The molecule has 0 aliphatic heterocycles. The maximum atomic E-state index is 11.9. The first kappa shape index (κ1) is 14.6. The van der Waals surface area contributed by atoms with Crippen LogP contribution in [0.3, 0.4) is 0 Å². The third-order valence-corrected chi connectivity index (χ3v) is 4.04. The van der Waals surface area contributed by atoms with Crippen molar-refractivity contribution in [3.05, 3.63) is 35.1 Å². The molecule has 0 spiro atoms. The number of carbonyl (C=O) groups excluding carboxylic acids is 2. The van der Waals surface area contributed by atoms with Gasteiger partial charge in [-0.15, -0.1) is 0 Å². The van der Waals surface area contributed by atoms with Crippen LogP contribution in [0.15, 0.2) is 22.8 Å². The predicted octanol–water partition coefficient (Wildman–Crippen LogP) is 2.57. The summed E-state index contributed by atoms with van der Waals surface area (Å²) in [6.45, 7) is 1.49. The minimum Gasteiger partial charge on any atom is -0.466 e. The molecule has 1 aromatic heterocycles. The fourth-order valence-electron chi connectivity index (χ4n) is 2.89. The summed E-state index contributed by atoms with van der Waals surface area (Å²) in [5.41, 5.74) is 4.23. The molecule has 0 saturated carbocycles. The highest BCUT2D eigenvalue weighted by Gasteiger charge is 2.21. The SMILES string of the molecule is COC(=O)C(C)OC(=O)Cc1coc2cc3c(cc12)CCC3. The van der Waals surface area contributed by atoms with Crippen LogP contribution in [-0.2, 0) is 38.3 Å². The smallest absolute Gasteiger partial charge is 0.346 e. The van der Waals surface area contributed by atoms with Crippen molar-refractivity contribution >= 4 is 22.9 Å². The van der Waals surface area contributed by atoms with Crippen LogP contribution < -0.4 is 0 Å². The first-order valence-corrected chi connectivity index (χ1v) is 7.37. The molecule has 1 aliphatic rings. The first-order valence-electron chi connectivity index (χ1n) is 7.37. The van der Waals surface area contributed by atoms with E-state index >= 15 is 0 Å². The average Bonchev–Trinajstić information content (AvgIpc) is 3.10. The van der Waals surface area contributed by atoms with E-state index in [1.807, 2.05) is 0 Å². The second-order valence-corrected chi connectivity index (χ2v) is 5.56. The molecular weight excluding hydrogens is 284 g/mol. The van der Waals surface area contributed by atoms with Crippen molar-refractivity contribution < 1.29 is 23.5 Å². The molecule has 0 N–H and O–H groups in total. The molecule has 1 aromatic carbocycles. The number of carbonyl (C=O) groups is 2. The molecular formula is C17H18O5. The molecule has 0 radical (unpaired) electrons. The Morgan fingerprint density at radius 1 is 1.27 bits per heavy atom. The lowest BCUT2D eigenvalue weighted by Gasteiger charge is -2.10. The van der Waals surface area contributed by atoms with Crippen molar-refractivity contribution in [2.45, 2.75) is 38.7 Å². The summed E-state index contributed by atoms with van der Waals surface area (Å²) < 4.78 is 15.1. The zero-order valence-corrected chi connectivity index (χ0v) is 12.7. The predicted molar refractivity (Wildman–Crippen MR) is 79.5 cm³/mol. The van der Waals surface area contributed by atoms with E-state index in [9.17, 15) is 9.59 Å². The first-order chi connectivity index (χ1) is 10.6. The second-order valence-electron chi connectivity index (χ2n) is 5.56. The van der Waals surface area contributed by atoms with E-state index in [1.165, 1.54) is 25.2 Å². The molecule has 2 aromatic rings. The maximum Gasteiger partial charge on any atom is 0.346 e. The summed E-state index contributed by atoms with van der Waals surface area (Å²) in [6.07, 6.45) is 4.08. The van der Waals surface area contributed by atoms with Gasteiger partial charge < -0.3 is 13.9 Å². The van der Waals surface area contributed by atoms with Crippen molar-refractivity contribution in [2.75, 3.05) is 7.11 Å². The molecule has 0 fully saturated rings. The Morgan fingerprint density at radius 3 is 2.73 bits per heavy atom. The van der Waals surface area contributed by atoms with E-state index < -0.39 is 18.0 Å². The van der Waals surface area contributed by atoms with Crippen LogP contribution in [0.25, 0.3) is 11.0 Å². The summed E-state index contributed by atoms with van der Waals surface area (Å²) in [5.74, 6) is -1.04. The summed E-state index contributed by atoms with van der Waals surface area (Å²) in [4.78, 5) is 23.2. The van der Waals surface area contributed by atoms with Gasteiger partial charge >= 0.3 is 11.9 Å². The number of furan rings is 1. The van der Waals surface area contributed by atoms with Gasteiger partial charge in [0.15, 0.2) is 6.10 Å². The van der Waals surface area contributed by atoms with Gasteiger partial charge in [-0.1, -0.05) is 0 Å². The zero-order chi connectivity index (χ0) is 15.7. The van der Waals surface area contributed by atoms with Gasteiger partial charge in [-0.3, -0.25) is 4.79 Å². The molecule has 5 heteroatoms. The maximum absolute atomic E-state index is 11.9. The zero-order valence-electron chi connectivity index (χ0n) is 12.7. The number of methoxy groups -OCH3 is 1. The van der Waals surface area contributed by atoms with Gasteiger partial charge in [0.05, 0.1) is 19.8 Å². The standard InChI is InChI=1S/C17H18O5/c1-10(17(19)20-2)22-16(18)8-13-9-21-15-7-12-5-3-4-11(12)6-14(13)15/h6-7,9-10H,3-5,8H2,1-2H3. The summed E-state index contributed by atoms with van der Waals surface area (Å²) in [5, 5.41) is 0.948. The van der Waals surface area contributed by atoms with Crippen molar-refractivity contribution in [2.24, 2.45) is 0 Å². The summed E-state index contributed by atoms with van der Waals surface area (Å²) in [7, 11) is 1.26. The number of benzene rings is 1. The lowest BCUT2D eigenvalue weighted by Crippen LogP contribution is -2.26. The monoisotopic (exact) mass is 302 g/mol. The van der Waals surface area contributed by atoms with Gasteiger partial charge in [-0.2, -0.15) is 0 Å². The van der Waals surface area contributed by atoms with Gasteiger partial charge in [0.1, 0.15) is 5.58 Å². The second kappa shape index (κ2) is 5.83. The third kappa shape index (κ3) is 2.71. The molecule has 0 saturated heterocycles. The van der Waals surface area contributed by atoms with Crippen molar-refractivity contribution in [3.8, 4) is 0 Å². The van der Waals surface area contributed by atoms with Crippen LogP contribution >= 0.6 is 0 Å². The highest BCUT2D eigenvalue weighted by atomic mass is 16.6. The summed E-state index contributed by atoms with van der Waals surface area (Å²) >= 11 is 0. The largest absolute Gasteiger partial charge is 0.466 e. The fraction of sp³-hybridized carbons (Fsp3) is 0.412. The Morgan fingerprint density at radius 2 is 2.00 bits per heavy atom. The van der Waals surface area contributed by atoms with E-state index in [-0.39, 0.29) is 6.42 Å². The van der Waals surface area contributed by atoms with Crippen LogP contribution in [0.4, 0.5) is 0 Å². The van der Waals surface area contributed by atoms with Crippen LogP contribution in [0, 0.1) is 0 Å². The molecule has 1 atom stereocenters. The van der Waals surface area contributed by atoms with Gasteiger partial charge in [0.2, 0.25) is 0 Å². The molecule has 1 aliphatic carbocycles. The molecule has 0 bridgehead atoms. The minimum absolute atomic E-state index is 0.0765. The van der Waals surface area contributed by atoms with E-state index in [1.54, 1.807) is 6.26 Å². The number of aryl methyl sites for hydroxylation is 2. The minimum atomic E-state index is -0.903. The molecule has 1 heterocycles. The number of esters is 2. The Bertz CT molecular complexity index is 728. The molecule has 3 rings (SSSR count). The van der Waals surface area contributed by atoms with Gasteiger partial charge in [0.25, 0.3) is 0 Å². The van der Waals surface area contributed by atoms with Crippen LogP contribution in [0.2, 0.25) is 0 Å². The third-order valence-electron chi connectivity index (χ3n) is 4.04. The number of hydrogen-bond acceptors (Lipinski definition) is 5. The lowest BCUT2D eigenvalue weighted by atomic mass is 10.0. The van der Waals surface area contributed by atoms with E-state index in [0.29, 0.717) is 0 Å². The summed E-state index contributed by atoms with van der Waals surface area (Å²) in [6, 6.07) is 4.16. The quantitative estimate of drug-likeness (QED) is 0.812. The molecule has 22 heavy (non-hydrogen) atoms. The Kier molecular flexibility index (Phi) is 3.88. The lowest BCUT2D eigenvalue weighted by molar-refractivity contribution is -0.164. The Hall–Kier alpha value is -2.30.